The maximum Gasteiger partial charge on any atom is 0.231 e. The van der Waals surface area contributed by atoms with Crippen molar-refractivity contribution >= 4 is 17.7 Å². The smallest absolute Gasteiger partial charge is 0.231 e. The summed E-state index contributed by atoms with van der Waals surface area (Å²) < 4.78 is 7.06. The fraction of sp³-hybridized carbons (Fsp3) is 0.500. The molecular weight excluding hydrogens is 388 g/mol. The summed E-state index contributed by atoms with van der Waals surface area (Å²) in [5.41, 5.74) is 0.519. The number of ether oxygens (including phenoxy) is 1. The number of thioether (sulfide) groups is 1. The highest BCUT2D eigenvalue weighted by Crippen LogP contribution is 2.29. The fourth-order valence-electron chi connectivity index (χ4n) is 3.28. The third-order valence-corrected chi connectivity index (χ3v) is 5.98. The minimum Gasteiger partial charge on any atom is -0.486 e. The molecule has 1 heterocycles. The van der Waals surface area contributed by atoms with E-state index < -0.39 is 5.54 Å². The lowest BCUT2D eigenvalue weighted by Crippen LogP contribution is -2.45. The molecule has 29 heavy (non-hydrogen) atoms. The van der Waals surface area contributed by atoms with Crippen LogP contribution < -0.4 is 15.9 Å². The van der Waals surface area contributed by atoms with Crippen LogP contribution in [0.25, 0.3) is 0 Å². The Kier molecular flexibility index (Phi) is 6.64. The van der Waals surface area contributed by atoms with Gasteiger partial charge in [0.25, 0.3) is 0 Å². The summed E-state index contributed by atoms with van der Waals surface area (Å²) in [7, 11) is 0. The van der Waals surface area contributed by atoms with Crippen molar-refractivity contribution in [1.82, 2.24) is 20.2 Å². The van der Waals surface area contributed by atoms with Gasteiger partial charge in [0.15, 0.2) is 5.82 Å². The van der Waals surface area contributed by atoms with E-state index in [0.717, 1.165) is 18.6 Å². The van der Waals surface area contributed by atoms with Gasteiger partial charge in [-0.15, -0.1) is 10.2 Å². The van der Waals surface area contributed by atoms with Crippen LogP contribution >= 0.6 is 11.8 Å². The predicted molar refractivity (Wildman–Crippen MR) is 111 cm³/mol. The molecule has 8 nitrogen and oxygen atoms in total. The number of aromatic nitrogens is 3. The lowest BCUT2D eigenvalue weighted by atomic mass is 10.0. The van der Waals surface area contributed by atoms with Gasteiger partial charge in [-0.05, 0) is 49.3 Å². The molecule has 3 rings (SSSR count). The number of nitrogens with two attached hydrogens (primary N) is 1. The first kappa shape index (κ1) is 21.0. The van der Waals surface area contributed by atoms with Gasteiger partial charge in [0, 0.05) is 0 Å². The van der Waals surface area contributed by atoms with Gasteiger partial charge >= 0.3 is 0 Å². The molecule has 0 spiro atoms. The van der Waals surface area contributed by atoms with Gasteiger partial charge in [0.1, 0.15) is 17.9 Å². The molecule has 1 amide bonds. The Hall–Kier alpha value is -2.73. The number of carbonyl (C=O) groups excluding carboxylic acids is 1. The second kappa shape index (κ2) is 9.18. The number of rotatable bonds is 8. The Bertz CT molecular complexity index is 881. The van der Waals surface area contributed by atoms with Crippen LogP contribution in [0.1, 0.15) is 56.8 Å². The van der Waals surface area contributed by atoms with Crippen LogP contribution in [0.5, 0.6) is 5.75 Å². The Morgan fingerprint density at radius 2 is 2.03 bits per heavy atom. The number of nitrogen functional groups attached to an aromatic ring is 1. The number of hydrogen-bond acceptors (Lipinski definition) is 7. The third-order valence-electron chi connectivity index (χ3n) is 5.03. The summed E-state index contributed by atoms with van der Waals surface area (Å²) >= 11 is 1.18. The molecule has 0 atom stereocenters. The number of amides is 1. The summed E-state index contributed by atoms with van der Waals surface area (Å²) in [5, 5.41) is 20.7. The van der Waals surface area contributed by atoms with E-state index in [4.69, 9.17) is 10.6 Å². The van der Waals surface area contributed by atoms with Crippen molar-refractivity contribution in [1.29, 1.82) is 5.26 Å². The van der Waals surface area contributed by atoms with Crippen molar-refractivity contribution < 1.29 is 9.53 Å². The molecule has 1 aliphatic carbocycles. The van der Waals surface area contributed by atoms with Crippen molar-refractivity contribution in [2.45, 2.75) is 62.8 Å². The highest BCUT2D eigenvalue weighted by Gasteiger charge is 2.35. The maximum atomic E-state index is 12.2. The SMILES string of the molecule is CC(C)c1ccc(OCc2nnc(SCC(=O)NC3(C#N)CCCC3)n2N)cc1. The van der Waals surface area contributed by atoms with E-state index in [-0.39, 0.29) is 18.3 Å². The largest absolute Gasteiger partial charge is 0.486 e. The summed E-state index contributed by atoms with van der Waals surface area (Å²) in [5.74, 6) is 7.61. The second-order valence-corrected chi connectivity index (χ2v) is 8.46. The van der Waals surface area contributed by atoms with E-state index in [1.807, 2.05) is 24.3 Å². The van der Waals surface area contributed by atoms with Crippen LogP contribution in [-0.4, -0.2) is 32.1 Å². The molecule has 154 valence electrons. The molecule has 1 aliphatic rings. The van der Waals surface area contributed by atoms with Crippen molar-refractivity contribution in [2.24, 2.45) is 0 Å². The zero-order chi connectivity index (χ0) is 20.9. The van der Waals surface area contributed by atoms with Crippen LogP contribution in [0, 0.1) is 11.3 Å². The molecule has 1 fully saturated rings. The number of nitrogens with zero attached hydrogens (tertiary/aromatic N) is 4. The minimum atomic E-state index is -0.724. The van der Waals surface area contributed by atoms with E-state index in [1.54, 1.807) is 0 Å². The van der Waals surface area contributed by atoms with Crippen LogP contribution in [0.15, 0.2) is 29.4 Å². The average molecular weight is 415 g/mol. The first-order chi connectivity index (χ1) is 13.9. The normalized spacial score (nSPS) is 15.2. The zero-order valence-corrected chi connectivity index (χ0v) is 17.5. The fourth-order valence-corrected chi connectivity index (χ4v) is 3.95. The molecule has 0 bridgehead atoms. The van der Waals surface area contributed by atoms with Crippen LogP contribution in [0.2, 0.25) is 0 Å². The molecule has 0 radical (unpaired) electrons. The molecular formula is C20H26N6O2S. The number of nitriles is 1. The van der Waals surface area contributed by atoms with Crippen molar-refractivity contribution in [3.63, 3.8) is 0 Å². The molecule has 1 aromatic carbocycles. The van der Waals surface area contributed by atoms with Gasteiger partial charge in [-0.1, -0.05) is 37.7 Å². The zero-order valence-electron chi connectivity index (χ0n) is 16.7. The minimum absolute atomic E-state index is 0.121. The van der Waals surface area contributed by atoms with Crippen molar-refractivity contribution in [3.8, 4) is 11.8 Å². The molecule has 0 unspecified atom stereocenters. The van der Waals surface area contributed by atoms with Gasteiger partial charge in [-0.25, -0.2) is 4.68 Å². The Balaban J connectivity index is 1.51. The lowest BCUT2D eigenvalue weighted by molar-refractivity contribution is -0.119. The average Bonchev–Trinajstić information content (AvgIpc) is 3.32. The second-order valence-electron chi connectivity index (χ2n) is 7.52. The highest BCUT2D eigenvalue weighted by atomic mass is 32.2. The highest BCUT2D eigenvalue weighted by molar-refractivity contribution is 7.99. The van der Waals surface area contributed by atoms with E-state index in [2.05, 4.69) is 35.4 Å². The number of carbonyl (C=O) groups is 1. The molecule has 9 heteroatoms. The lowest BCUT2D eigenvalue weighted by Gasteiger charge is -2.21. The Labute approximate surface area is 174 Å². The topological polar surface area (TPSA) is 119 Å². The third kappa shape index (κ3) is 5.21. The van der Waals surface area contributed by atoms with Crippen LogP contribution in [0.4, 0.5) is 0 Å². The Morgan fingerprint density at radius 3 is 2.66 bits per heavy atom. The van der Waals surface area contributed by atoms with Gasteiger partial charge in [0.2, 0.25) is 11.1 Å². The molecule has 3 N–H and O–H groups in total. The predicted octanol–water partition coefficient (Wildman–Crippen LogP) is 2.74. The maximum absolute atomic E-state index is 12.2. The first-order valence-corrected chi connectivity index (χ1v) is 10.7. The number of nitrogens with one attached hydrogen (secondary N) is 1. The summed E-state index contributed by atoms with van der Waals surface area (Å²) in [6.07, 6.45) is 3.32. The van der Waals surface area contributed by atoms with E-state index in [0.29, 0.717) is 29.7 Å². The summed E-state index contributed by atoms with van der Waals surface area (Å²) in [6.45, 7) is 4.45. The molecule has 2 aromatic rings. The van der Waals surface area contributed by atoms with Crippen LogP contribution in [-0.2, 0) is 11.4 Å². The van der Waals surface area contributed by atoms with Crippen molar-refractivity contribution in [3.05, 3.63) is 35.7 Å². The molecule has 1 aromatic heterocycles. The van der Waals surface area contributed by atoms with E-state index in [9.17, 15) is 10.1 Å². The standard InChI is InChI=1S/C20H26N6O2S/c1-14(2)15-5-7-16(8-6-15)28-11-17-24-25-19(26(17)22)29-12-18(27)23-20(13-21)9-3-4-10-20/h5-8,14H,3-4,9-12,22H2,1-2H3,(H,23,27). The Morgan fingerprint density at radius 1 is 1.34 bits per heavy atom. The summed E-state index contributed by atoms with van der Waals surface area (Å²) in [6, 6.07) is 10.1. The van der Waals surface area contributed by atoms with Crippen molar-refractivity contribution in [2.75, 3.05) is 11.6 Å². The molecule has 1 saturated carbocycles. The molecule has 0 aliphatic heterocycles. The number of hydrogen-bond donors (Lipinski definition) is 2. The number of benzene rings is 1. The van der Waals surface area contributed by atoms with Gasteiger partial charge in [-0.2, -0.15) is 5.26 Å². The summed E-state index contributed by atoms with van der Waals surface area (Å²) in [4.78, 5) is 12.2. The van der Waals surface area contributed by atoms with E-state index in [1.165, 1.54) is 22.0 Å². The molecule has 0 saturated heterocycles. The van der Waals surface area contributed by atoms with Gasteiger partial charge in [0.05, 0.1) is 11.8 Å². The van der Waals surface area contributed by atoms with Gasteiger partial charge < -0.3 is 15.9 Å². The monoisotopic (exact) mass is 414 g/mol. The van der Waals surface area contributed by atoms with Crippen LogP contribution in [0.3, 0.4) is 0 Å². The van der Waals surface area contributed by atoms with Gasteiger partial charge in [-0.3, -0.25) is 4.79 Å². The first-order valence-electron chi connectivity index (χ1n) is 9.69. The quantitative estimate of drug-likeness (QED) is 0.503. The van der Waals surface area contributed by atoms with E-state index >= 15 is 0 Å².